The fourth-order valence-electron chi connectivity index (χ4n) is 3.07. The predicted molar refractivity (Wildman–Crippen MR) is 97.8 cm³/mol. The molecule has 140 valence electrons. The first kappa shape index (κ1) is 19.0. The molecule has 8 heteroatoms. The monoisotopic (exact) mass is 397 g/mol. The Labute approximate surface area is 153 Å². The van der Waals surface area contributed by atoms with E-state index in [-0.39, 0.29) is 23.0 Å². The minimum Gasteiger partial charge on any atom is -0.308 e. The highest BCUT2D eigenvalue weighted by Gasteiger charge is 2.45. The van der Waals surface area contributed by atoms with Gasteiger partial charge >= 0.3 is 0 Å². The van der Waals surface area contributed by atoms with Gasteiger partial charge in [0.15, 0.2) is 19.7 Å². The number of aryl methyl sites for hydroxylation is 1. The highest BCUT2D eigenvalue weighted by Crippen LogP contribution is 2.26. The number of rotatable bonds is 5. The van der Waals surface area contributed by atoms with Crippen molar-refractivity contribution in [2.75, 3.05) is 11.5 Å². The van der Waals surface area contributed by atoms with Crippen LogP contribution in [0.3, 0.4) is 0 Å². The molecule has 0 bridgehead atoms. The Balaban J connectivity index is 1.83. The average molecular weight is 397 g/mol. The summed E-state index contributed by atoms with van der Waals surface area (Å²) in [5, 5.41) is 1.98. The molecule has 3 rings (SSSR count). The van der Waals surface area contributed by atoms with Gasteiger partial charge in [0, 0.05) is 12.6 Å². The van der Waals surface area contributed by atoms with Crippen molar-refractivity contribution in [1.29, 1.82) is 0 Å². The van der Waals surface area contributed by atoms with Gasteiger partial charge in [0.1, 0.15) is 5.82 Å². The molecule has 2 aromatic carbocycles. The maximum absolute atomic E-state index is 13.0. The SMILES string of the molecule is Cc1ccc(S(=O)(=O)[C@H]2CS(=O)(=O)C[C@@H]2NCc2ccc(F)cc2)cc1. The molecule has 26 heavy (non-hydrogen) atoms. The molecule has 1 aliphatic heterocycles. The molecular weight excluding hydrogens is 377 g/mol. The summed E-state index contributed by atoms with van der Waals surface area (Å²) < 4.78 is 63.0. The molecule has 1 fully saturated rings. The largest absolute Gasteiger partial charge is 0.308 e. The minimum atomic E-state index is -3.79. The van der Waals surface area contributed by atoms with Crippen molar-refractivity contribution in [2.45, 2.75) is 29.7 Å². The molecule has 1 N–H and O–H groups in total. The van der Waals surface area contributed by atoms with E-state index in [1.807, 2.05) is 6.92 Å². The van der Waals surface area contributed by atoms with Crippen LogP contribution in [0, 0.1) is 12.7 Å². The first-order valence-corrected chi connectivity index (χ1v) is 11.5. The lowest BCUT2D eigenvalue weighted by atomic mass is 10.2. The van der Waals surface area contributed by atoms with Crippen LogP contribution in [0.2, 0.25) is 0 Å². The molecule has 1 heterocycles. The quantitative estimate of drug-likeness (QED) is 0.833. The molecule has 2 aromatic rings. The van der Waals surface area contributed by atoms with Crippen LogP contribution in [0.1, 0.15) is 11.1 Å². The third-order valence-electron chi connectivity index (χ3n) is 4.53. The van der Waals surface area contributed by atoms with E-state index in [0.717, 1.165) is 11.1 Å². The first-order valence-electron chi connectivity index (χ1n) is 8.16. The van der Waals surface area contributed by atoms with Crippen molar-refractivity contribution < 1.29 is 21.2 Å². The van der Waals surface area contributed by atoms with Gasteiger partial charge in [-0.25, -0.2) is 21.2 Å². The van der Waals surface area contributed by atoms with E-state index < -0.39 is 36.7 Å². The fourth-order valence-corrected chi connectivity index (χ4v) is 7.78. The number of benzene rings is 2. The van der Waals surface area contributed by atoms with Crippen LogP contribution < -0.4 is 5.32 Å². The summed E-state index contributed by atoms with van der Waals surface area (Å²) >= 11 is 0. The standard InChI is InChI=1S/C18H20FNO4S2/c1-13-2-8-16(9-3-13)26(23,24)18-12-25(21,22)11-17(18)20-10-14-4-6-15(19)7-5-14/h2-9,17-18,20H,10-12H2,1H3/t17-,18-/m0/s1. The average Bonchev–Trinajstić information content (AvgIpc) is 2.90. The Kier molecular flexibility index (Phi) is 5.18. The summed E-state index contributed by atoms with van der Waals surface area (Å²) in [6.07, 6.45) is 0. The molecule has 0 unspecified atom stereocenters. The highest BCUT2D eigenvalue weighted by atomic mass is 32.2. The second-order valence-electron chi connectivity index (χ2n) is 6.59. The van der Waals surface area contributed by atoms with Gasteiger partial charge in [0.25, 0.3) is 0 Å². The van der Waals surface area contributed by atoms with Crippen LogP contribution in [0.4, 0.5) is 4.39 Å². The van der Waals surface area contributed by atoms with Crippen LogP contribution in [-0.2, 0) is 26.2 Å². The number of nitrogens with one attached hydrogen (secondary N) is 1. The van der Waals surface area contributed by atoms with E-state index in [2.05, 4.69) is 5.32 Å². The summed E-state index contributed by atoms with van der Waals surface area (Å²) in [6, 6.07) is 11.5. The van der Waals surface area contributed by atoms with Gasteiger partial charge < -0.3 is 5.32 Å². The van der Waals surface area contributed by atoms with Gasteiger partial charge in [0.05, 0.1) is 21.7 Å². The molecule has 0 amide bonds. The van der Waals surface area contributed by atoms with Gasteiger partial charge in [-0.1, -0.05) is 29.8 Å². The van der Waals surface area contributed by atoms with Gasteiger partial charge in [-0.3, -0.25) is 0 Å². The molecule has 1 aliphatic rings. The lowest BCUT2D eigenvalue weighted by molar-refractivity contribution is 0.525. The third kappa shape index (κ3) is 4.13. The third-order valence-corrected chi connectivity index (χ3v) is 8.70. The van der Waals surface area contributed by atoms with Crippen molar-refractivity contribution in [3.8, 4) is 0 Å². The number of hydrogen-bond donors (Lipinski definition) is 1. The van der Waals surface area contributed by atoms with Crippen LogP contribution in [0.15, 0.2) is 53.4 Å². The molecule has 0 aromatic heterocycles. The van der Waals surface area contributed by atoms with E-state index in [1.54, 1.807) is 24.3 Å². The Bertz CT molecular complexity index is 984. The van der Waals surface area contributed by atoms with Gasteiger partial charge in [-0.15, -0.1) is 0 Å². The summed E-state index contributed by atoms with van der Waals surface area (Å²) in [4.78, 5) is 0.124. The molecule has 1 saturated heterocycles. The molecule has 5 nitrogen and oxygen atoms in total. The summed E-state index contributed by atoms with van der Waals surface area (Å²) in [6.45, 7) is 2.11. The number of halogens is 1. The van der Waals surface area contributed by atoms with E-state index >= 15 is 0 Å². The van der Waals surface area contributed by atoms with Crippen molar-refractivity contribution in [2.24, 2.45) is 0 Å². The van der Waals surface area contributed by atoms with Crippen LogP contribution >= 0.6 is 0 Å². The van der Waals surface area contributed by atoms with Crippen molar-refractivity contribution in [1.82, 2.24) is 5.32 Å². The van der Waals surface area contributed by atoms with E-state index in [9.17, 15) is 21.2 Å². The minimum absolute atomic E-state index is 0.124. The van der Waals surface area contributed by atoms with Crippen molar-refractivity contribution in [3.63, 3.8) is 0 Å². The topological polar surface area (TPSA) is 80.3 Å². The predicted octanol–water partition coefficient (Wildman–Crippen LogP) is 1.86. The van der Waals surface area contributed by atoms with Gasteiger partial charge in [-0.05, 0) is 36.8 Å². The Morgan fingerprint density at radius 2 is 1.65 bits per heavy atom. The van der Waals surface area contributed by atoms with Crippen molar-refractivity contribution in [3.05, 3.63) is 65.5 Å². The highest BCUT2D eigenvalue weighted by molar-refractivity contribution is 7.96. The first-order chi connectivity index (χ1) is 12.2. The van der Waals surface area contributed by atoms with E-state index in [4.69, 9.17) is 0 Å². The summed E-state index contributed by atoms with van der Waals surface area (Å²) in [5.74, 6) is -0.995. The van der Waals surface area contributed by atoms with Gasteiger partial charge in [0.2, 0.25) is 0 Å². The smallest absolute Gasteiger partial charge is 0.183 e. The number of sulfone groups is 2. The molecule has 0 radical (unpaired) electrons. The zero-order chi connectivity index (χ0) is 18.9. The van der Waals surface area contributed by atoms with Crippen LogP contribution in [-0.4, -0.2) is 39.6 Å². The Morgan fingerprint density at radius 3 is 2.27 bits per heavy atom. The fraction of sp³-hybridized carbons (Fsp3) is 0.333. The van der Waals surface area contributed by atoms with Crippen molar-refractivity contribution >= 4 is 19.7 Å². The second kappa shape index (κ2) is 7.09. The zero-order valence-corrected chi connectivity index (χ0v) is 15.9. The molecule has 0 saturated carbocycles. The zero-order valence-electron chi connectivity index (χ0n) is 14.2. The van der Waals surface area contributed by atoms with Crippen LogP contribution in [0.5, 0.6) is 0 Å². The Hall–Kier alpha value is -1.77. The maximum Gasteiger partial charge on any atom is 0.183 e. The molecule has 2 atom stereocenters. The Morgan fingerprint density at radius 1 is 1.04 bits per heavy atom. The maximum atomic E-state index is 13.0. The second-order valence-corrected chi connectivity index (χ2v) is 10.9. The summed E-state index contributed by atoms with van der Waals surface area (Å²) in [7, 11) is -7.25. The number of hydrogen-bond acceptors (Lipinski definition) is 5. The molecule has 0 spiro atoms. The summed E-state index contributed by atoms with van der Waals surface area (Å²) in [5.41, 5.74) is 1.68. The van der Waals surface area contributed by atoms with Crippen LogP contribution in [0.25, 0.3) is 0 Å². The molecule has 0 aliphatic carbocycles. The van der Waals surface area contributed by atoms with E-state index in [0.29, 0.717) is 0 Å². The molecular formula is C18H20FNO4S2. The van der Waals surface area contributed by atoms with E-state index in [1.165, 1.54) is 24.3 Å². The normalized spacial score (nSPS) is 22.4. The van der Waals surface area contributed by atoms with Gasteiger partial charge in [-0.2, -0.15) is 0 Å². The lowest BCUT2D eigenvalue weighted by Crippen LogP contribution is -2.43. The lowest BCUT2D eigenvalue weighted by Gasteiger charge is -2.20.